The highest BCUT2D eigenvalue weighted by molar-refractivity contribution is 7.89. The third-order valence-electron chi connectivity index (χ3n) is 1.97. The van der Waals surface area contributed by atoms with Crippen LogP contribution < -0.4 is 10.5 Å². The van der Waals surface area contributed by atoms with E-state index in [1.54, 1.807) is 0 Å². The van der Waals surface area contributed by atoms with Crippen LogP contribution in [0.4, 0.5) is 0 Å². The van der Waals surface area contributed by atoms with E-state index in [4.69, 9.17) is 10.8 Å². The van der Waals surface area contributed by atoms with Gasteiger partial charge >= 0.3 is 5.97 Å². The van der Waals surface area contributed by atoms with Crippen molar-refractivity contribution in [3.8, 4) is 0 Å². The number of carboxylic acid groups (broad SMARTS) is 1. The first-order chi connectivity index (χ1) is 8.22. The Kier molecular flexibility index (Phi) is 4.03. The minimum absolute atomic E-state index is 0.282. The summed E-state index contributed by atoms with van der Waals surface area (Å²) in [5.41, 5.74) is 4.84. The number of primary amides is 1. The van der Waals surface area contributed by atoms with Crippen LogP contribution in [0, 0.1) is 6.92 Å². The number of aryl methyl sites for hydroxylation is 1. The Balaban J connectivity index is 2.93. The smallest absolute Gasteiger partial charge is 0.322 e. The number of amides is 1. The molecule has 0 fully saturated rings. The van der Waals surface area contributed by atoms with Crippen molar-refractivity contribution in [2.45, 2.75) is 24.4 Å². The van der Waals surface area contributed by atoms with Crippen molar-refractivity contribution >= 4 is 21.9 Å². The van der Waals surface area contributed by atoms with Crippen molar-refractivity contribution in [3.63, 3.8) is 0 Å². The molecule has 1 rings (SSSR count). The molecule has 1 atom stereocenters. The fourth-order valence-electron chi connectivity index (χ4n) is 1.17. The van der Waals surface area contributed by atoms with Gasteiger partial charge in [-0.05, 0) is 6.92 Å². The van der Waals surface area contributed by atoms with Crippen molar-refractivity contribution in [1.29, 1.82) is 0 Å². The zero-order valence-corrected chi connectivity index (χ0v) is 10.2. The molecular formula is C8H12N4O5S. The Hall–Kier alpha value is -1.94. The van der Waals surface area contributed by atoms with E-state index < -0.39 is 34.4 Å². The normalized spacial score (nSPS) is 13.2. The summed E-state index contributed by atoms with van der Waals surface area (Å²) in [4.78, 5) is 27.6. The molecule has 9 nitrogen and oxygen atoms in total. The molecule has 0 spiro atoms. The number of carbonyl (C=O) groups excluding carboxylic acids is 1. The fraction of sp³-hybridized carbons (Fsp3) is 0.375. The summed E-state index contributed by atoms with van der Waals surface area (Å²) in [6, 6.07) is -1.61. The van der Waals surface area contributed by atoms with Gasteiger partial charge in [-0.15, -0.1) is 0 Å². The number of imidazole rings is 1. The third-order valence-corrected chi connectivity index (χ3v) is 3.35. The highest BCUT2D eigenvalue weighted by Gasteiger charge is 2.27. The molecule has 0 aliphatic heterocycles. The lowest BCUT2D eigenvalue weighted by Gasteiger charge is -2.11. The molecule has 18 heavy (non-hydrogen) atoms. The Labute approximate surface area is 102 Å². The second kappa shape index (κ2) is 5.14. The van der Waals surface area contributed by atoms with Crippen LogP contribution in [0.1, 0.15) is 12.2 Å². The number of nitrogens with zero attached hydrogens (tertiary/aromatic N) is 1. The first-order valence-electron chi connectivity index (χ1n) is 4.77. The van der Waals surface area contributed by atoms with Crippen molar-refractivity contribution < 1.29 is 23.1 Å². The fourth-order valence-corrected chi connectivity index (χ4v) is 2.33. The van der Waals surface area contributed by atoms with Crippen LogP contribution in [0.3, 0.4) is 0 Å². The van der Waals surface area contributed by atoms with E-state index in [0.717, 1.165) is 6.20 Å². The maximum absolute atomic E-state index is 11.7. The summed E-state index contributed by atoms with van der Waals surface area (Å²) in [7, 11) is -4.09. The predicted octanol–water partition coefficient (Wildman–Crippen LogP) is -1.67. The van der Waals surface area contributed by atoms with Gasteiger partial charge in [-0.2, -0.15) is 4.72 Å². The average Bonchev–Trinajstić information content (AvgIpc) is 2.63. The van der Waals surface area contributed by atoms with Crippen LogP contribution in [0.2, 0.25) is 0 Å². The molecule has 0 radical (unpaired) electrons. The monoisotopic (exact) mass is 276 g/mol. The minimum Gasteiger partial charge on any atom is -0.480 e. The SMILES string of the molecule is Cc1ncc(S(=O)(=O)NC(CC(N)=O)C(=O)O)[nH]1. The molecule has 1 aromatic rings. The molecule has 1 amide bonds. The van der Waals surface area contributed by atoms with Gasteiger partial charge in [0.15, 0.2) is 5.03 Å². The highest BCUT2D eigenvalue weighted by atomic mass is 32.2. The average molecular weight is 276 g/mol. The summed E-state index contributed by atoms with van der Waals surface area (Å²) in [5.74, 6) is -2.06. The molecule has 0 saturated heterocycles. The van der Waals surface area contributed by atoms with E-state index in [9.17, 15) is 18.0 Å². The summed E-state index contributed by atoms with van der Waals surface area (Å²) in [5, 5.41) is 8.50. The largest absolute Gasteiger partial charge is 0.480 e. The zero-order valence-electron chi connectivity index (χ0n) is 9.37. The van der Waals surface area contributed by atoms with E-state index >= 15 is 0 Å². The van der Waals surface area contributed by atoms with Crippen LogP contribution in [0.15, 0.2) is 11.2 Å². The van der Waals surface area contributed by atoms with Gasteiger partial charge in [0.1, 0.15) is 11.9 Å². The number of carboxylic acids is 1. The lowest BCUT2D eigenvalue weighted by Crippen LogP contribution is -2.43. The van der Waals surface area contributed by atoms with Gasteiger partial charge in [-0.1, -0.05) is 0 Å². The summed E-state index contributed by atoms with van der Waals surface area (Å²) >= 11 is 0. The standard InChI is InChI=1S/C8H12N4O5S/c1-4-10-3-7(11-4)18(16,17)12-5(8(14)15)2-6(9)13/h3,5,12H,2H2,1H3,(H2,9,13)(H,10,11)(H,14,15). The topological polar surface area (TPSA) is 155 Å². The number of aromatic nitrogens is 2. The Bertz CT molecular complexity index is 564. The molecule has 0 aliphatic rings. The molecule has 1 unspecified atom stereocenters. The van der Waals surface area contributed by atoms with Gasteiger partial charge in [-0.25, -0.2) is 13.4 Å². The maximum Gasteiger partial charge on any atom is 0.322 e. The molecule has 0 aliphatic carbocycles. The van der Waals surface area contributed by atoms with Crippen LogP contribution in [0.25, 0.3) is 0 Å². The van der Waals surface area contributed by atoms with E-state index in [0.29, 0.717) is 5.82 Å². The Morgan fingerprint density at radius 2 is 2.22 bits per heavy atom. The number of aromatic amines is 1. The predicted molar refractivity (Wildman–Crippen MR) is 58.9 cm³/mol. The first kappa shape index (κ1) is 14.1. The zero-order chi connectivity index (χ0) is 13.9. The maximum atomic E-state index is 11.7. The van der Waals surface area contributed by atoms with Gasteiger partial charge in [-0.3, -0.25) is 9.59 Å². The number of rotatable bonds is 6. The van der Waals surface area contributed by atoms with Crippen molar-refractivity contribution in [2.24, 2.45) is 5.73 Å². The summed E-state index contributed by atoms with van der Waals surface area (Å²) in [6.45, 7) is 1.54. The van der Waals surface area contributed by atoms with Crippen LogP contribution in [0.5, 0.6) is 0 Å². The first-order valence-corrected chi connectivity index (χ1v) is 6.25. The summed E-state index contributed by atoms with van der Waals surface area (Å²) in [6.07, 6.45) is 0.405. The quantitative estimate of drug-likeness (QED) is 0.486. The highest BCUT2D eigenvalue weighted by Crippen LogP contribution is 2.07. The number of nitrogens with one attached hydrogen (secondary N) is 2. The lowest BCUT2D eigenvalue weighted by atomic mass is 10.2. The number of carbonyl (C=O) groups is 2. The van der Waals surface area contributed by atoms with E-state index in [1.165, 1.54) is 6.92 Å². The second-order valence-electron chi connectivity index (χ2n) is 3.52. The van der Waals surface area contributed by atoms with Crippen molar-refractivity contribution in [2.75, 3.05) is 0 Å². The number of H-pyrrole nitrogens is 1. The Morgan fingerprint density at radius 1 is 1.61 bits per heavy atom. The van der Waals surface area contributed by atoms with E-state index in [1.807, 2.05) is 4.72 Å². The molecule has 10 heteroatoms. The van der Waals surface area contributed by atoms with E-state index in [-0.39, 0.29) is 5.03 Å². The second-order valence-corrected chi connectivity index (χ2v) is 5.20. The molecular weight excluding hydrogens is 264 g/mol. The van der Waals surface area contributed by atoms with Crippen LogP contribution in [-0.4, -0.2) is 41.4 Å². The van der Waals surface area contributed by atoms with Gasteiger partial charge in [0, 0.05) is 0 Å². The van der Waals surface area contributed by atoms with Crippen LogP contribution in [-0.2, 0) is 19.6 Å². The van der Waals surface area contributed by atoms with E-state index in [2.05, 4.69) is 9.97 Å². The van der Waals surface area contributed by atoms with Gasteiger partial charge in [0.05, 0.1) is 12.6 Å². The molecule has 1 aromatic heterocycles. The number of hydrogen-bond donors (Lipinski definition) is 4. The number of nitrogens with two attached hydrogens (primary N) is 1. The van der Waals surface area contributed by atoms with Crippen molar-refractivity contribution in [1.82, 2.24) is 14.7 Å². The number of sulfonamides is 1. The van der Waals surface area contributed by atoms with Crippen LogP contribution >= 0.6 is 0 Å². The minimum atomic E-state index is -4.09. The Morgan fingerprint density at radius 3 is 2.61 bits per heavy atom. The molecule has 0 bridgehead atoms. The third kappa shape index (κ3) is 3.53. The molecule has 0 saturated carbocycles. The number of hydrogen-bond acceptors (Lipinski definition) is 5. The number of aliphatic carboxylic acids is 1. The summed E-state index contributed by atoms with van der Waals surface area (Å²) < 4.78 is 25.3. The molecule has 100 valence electrons. The lowest BCUT2D eigenvalue weighted by molar-refractivity contribution is -0.140. The van der Waals surface area contributed by atoms with Gasteiger partial charge in [0.2, 0.25) is 5.91 Å². The van der Waals surface area contributed by atoms with Crippen molar-refractivity contribution in [3.05, 3.63) is 12.0 Å². The van der Waals surface area contributed by atoms with Gasteiger partial charge in [0.25, 0.3) is 10.0 Å². The molecule has 0 aromatic carbocycles. The molecule has 1 heterocycles. The molecule has 5 N–H and O–H groups in total. The van der Waals surface area contributed by atoms with Gasteiger partial charge < -0.3 is 15.8 Å².